The standard InChI is InChI=1S/C26H25N7O3/c1-2-32(25(35)19-7-4-3-5-8-19)20-9-10-22-21(17-20)29-26(30-24(34)23-11-12-28-36-23)33(22)15-6-14-31-16-13-27-18-31/h3-5,7-13,16-18H,2,6,14-15H2,1H3,(H,29,30,34). The summed E-state index contributed by atoms with van der Waals surface area (Å²) in [6.45, 7) is 3.81. The van der Waals surface area contributed by atoms with Gasteiger partial charge in [0.15, 0.2) is 0 Å². The third kappa shape index (κ3) is 4.74. The Labute approximate surface area is 207 Å². The fourth-order valence-corrected chi connectivity index (χ4v) is 4.11. The minimum atomic E-state index is -0.437. The van der Waals surface area contributed by atoms with E-state index in [1.807, 2.05) is 58.7 Å². The molecule has 10 nitrogen and oxygen atoms in total. The number of aryl methyl sites for hydroxylation is 2. The molecule has 0 atom stereocenters. The SMILES string of the molecule is CCN(C(=O)c1ccccc1)c1ccc2c(c1)nc(NC(=O)c1ccno1)n2CCCn1ccnc1. The molecule has 0 unspecified atom stereocenters. The monoisotopic (exact) mass is 483 g/mol. The quantitative estimate of drug-likeness (QED) is 0.336. The summed E-state index contributed by atoms with van der Waals surface area (Å²) in [5, 5.41) is 6.44. The molecule has 0 saturated carbocycles. The number of carbonyl (C=O) groups is 2. The molecule has 1 N–H and O–H groups in total. The van der Waals surface area contributed by atoms with Gasteiger partial charge in [-0.25, -0.2) is 9.97 Å². The van der Waals surface area contributed by atoms with Crippen molar-refractivity contribution in [2.24, 2.45) is 0 Å². The Hall–Kier alpha value is -4.73. The number of benzene rings is 2. The Morgan fingerprint density at radius 3 is 2.64 bits per heavy atom. The van der Waals surface area contributed by atoms with Crippen LogP contribution in [0.4, 0.5) is 11.6 Å². The lowest BCUT2D eigenvalue weighted by Crippen LogP contribution is -2.30. The molecule has 182 valence electrons. The van der Waals surface area contributed by atoms with Crippen LogP contribution in [0.3, 0.4) is 0 Å². The number of aromatic nitrogens is 5. The number of nitrogens with one attached hydrogen (secondary N) is 1. The topological polar surface area (TPSA) is 111 Å². The lowest BCUT2D eigenvalue weighted by atomic mass is 10.1. The van der Waals surface area contributed by atoms with Crippen LogP contribution in [0.5, 0.6) is 0 Å². The van der Waals surface area contributed by atoms with Crippen LogP contribution in [0, 0.1) is 0 Å². The summed E-state index contributed by atoms with van der Waals surface area (Å²) < 4.78 is 8.95. The number of amides is 2. The van der Waals surface area contributed by atoms with E-state index >= 15 is 0 Å². The first-order chi connectivity index (χ1) is 17.6. The third-order valence-corrected chi connectivity index (χ3v) is 5.87. The van der Waals surface area contributed by atoms with Crippen LogP contribution in [-0.4, -0.2) is 42.6 Å². The van der Waals surface area contributed by atoms with Crippen LogP contribution in [0.1, 0.15) is 34.3 Å². The van der Waals surface area contributed by atoms with E-state index in [1.54, 1.807) is 29.6 Å². The summed E-state index contributed by atoms with van der Waals surface area (Å²) in [6, 6.07) is 16.4. The minimum absolute atomic E-state index is 0.0870. The molecule has 0 radical (unpaired) electrons. The van der Waals surface area contributed by atoms with Gasteiger partial charge in [-0.15, -0.1) is 0 Å². The second-order valence-corrected chi connectivity index (χ2v) is 8.16. The maximum Gasteiger partial charge on any atom is 0.296 e. The van der Waals surface area contributed by atoms with Gasteiger partial charge in [0.1, 0.15) is 0 Å². The van der Waals surface area contributed by atoms with Crippen molar-refractivity contribution < 1.29 is 14.1 Å². The van der Waals surface area contributed by atoms with Gasteiger partial charge < -0.3 is 18.6 Å². The van der Waals surface area contributed by atoms with Gasteiger partial charge in [0.25, 0.3) is 11.8 Å². The van der Waals surface area contributed by atoms with E-state index in [0.29, 0.717) is 30.1 Å². The van der Waals surface area contributed by atoms with Gasteiger partial charge in [-0.1, -0.05) is 23.4 Å². The van der Waals surface area contributed by atoms with Gasteiger partial charge in [0.05, 0.1) is 23.6 Å². The van der Waals surface area contributed by atoms with Crippen molar-refractivity contribution in [1.82, 2.24) is 24.3 Å². The summed E-state index contributed by atoms with van der Waals surface area (Å²) in [6.07, 6.45) is 7.63. The summed E-state index contributed by atoms with van der Waals surface area (Å²) >= 11 is 0. The Morgan fingerprint density at radius 1 is 1.06 bits per heavy atom. The van der Waals surface area contributed by atoms with Crippen molar-refractivity contribution in [2.75, 3.05) is 16.8 Å². The van der Waals surface area contributed by atoms with Crippen LogP contribution in [0.15, 0.2) is 84.0 Å². The number of hydrogen-bond donors (Lipinski definition) is 1. The normalized spacial score (nSPS) is 11.0. The number of nitrogens with zero attached hydrogens (tertiary/aromatic N) is 6. The first kappa shape index (κ1) is 23.0. The molecule has 5 rings (SSSR count). The van der Waals surface area contributed by atoms with Gasteiger partial charge in [-0.2, -0.15) is 0 Å². The zero-order valence-corrected chi connectivity index (χ0v) is 19.7. The number of fused-ring (bicyclic) bond motifs is 1. The summed E-state index contributed by atoms with van der Waals surface area (Å²) in [7, 11) is 0. The van der Waals surface area contributed by atoms with Crippen molar-refractivity contribution in [3.8, 4) is 0 Å². The first-order valence-corrected chi connectivity index (χ1v) is 11.7. The van der Waals surface area contributed by atoms with E-state index in [4.69, 9.17) is 9.51 Å². The van der Waals surface area contributed by atoms with Crippen LogP contribution >= 0.6 is 0 Å². The Morgan fingerprint density at radius 2 is 1.92 bits per heavy atom. The molecule has 36 heavy (non-hydrogen) atoms. The van der Waals surface area contributed by atoms with Crippen LogP contribution in [0.2, 0.25) is 0 Å². The van der Waals surface area contributed by atoms with Crippen molar-refractivity contribution in [2.45, 2.75) is 26.4 Å². The highest BCUT2D eigenvalue weighted by Crippen LogP contribution is 2.27. The maximum atomic E-state index is 13.1. The molecule has 0 spiro atoms. The van der Waals surface area contributed by atoms with Gasteiger partial charge >= 0.3 is 0 Å². The molecule has 0 aliphatic heterocycles. The molecule has 0 bridgehead atoms. The largest absolute Gasteiger partial charge is 0.351 e. The summed E-state index contributed by atoms with van der Waals surface area (Å²) in [5.74, 6) is -0.0330. The molecule has 5 aromatic rings. The minimum Gasteiger partial charge on any atom is -0.351 e. The fraction of sp³-hybridized carbons (Fsp3) is 0.192. The highest BCUT2D eigenvalue weighted by molar-refractivity contribution is 6.07. The van der Waals surface area contributed by atoms with Gasteiger partial charge in [-0.05, 0) is 43.7 Å². The molecular formula is C26H25N7O3. The van der Waals surface area contributed by atoms with Crippen LogP contribution < -0.4 is 10.2 Å². The summed E-state index contributed by atoms with van der Waals surface area (Å²) in [4.78, 5) is 36.3. The number of anilines is 2. The molecule has 3 aromatic heterocycles. The maximum absolute atomic E-state index is 13.1. The average Bonchev–Trinajstić information content (AvgIpc) is 3.67. The van der Waals surface area contributed by atoms with Crippen molar-refractivity contribution in [3.63, 3.8) is 0 Å². The average molecular weight is 484 g/mol. The van der Waals surface area contributed by atoms with Crippen molar-refractivity contribution >= 4 is 34.5 Å². The second kappa shape index (κ2) is 10.3. The lowest BCUT2D eigenvalue weighted by Gasteiger charge is -2.21. The Balaban J connectivity index is 1.46. The second-order valence-electron chi connectivity index (χ2n) is 8.16. The van der Waals surface area contributed by atoms with E-state index in [1.165, 1.54) is 12.3 Å². The predicted octanol–water partition coefficient (Wildman–Crippen LogP) is 4.23. The molecular weight excluding hydrogens is 458 g/mol. The van der Waals surface area contributed by atoms with E-state index in [9.17, 15) is 9.59 Å². The predicted molar refractivity (Wildman–Crippen MR) is 135 cm³/mol. The molecule has 0 saturated heterocycles. The third-order valence-electron chi connectivity index (χ3n) is 5.87. The zero-order valence-electron chi connectivity index (χ0n) is 19.7. The number of hydrogen-bond acceptors (Lipinski definition) is 6. The van der Waals surface area contributed by atoms with E-state index in [-0.39, 0.29) is 11.7 Å². The van der Waals surface area contributed by atoms with E-state index in [2.05, 4.69) is 15.5 Å². The molecule has 3 heterocycles. The van der Waals surface area contributed by atoms with E-state index in [0.717, 1.165) is 24.2 Å². The first-order valence-electron chi connectivity index (χ1n) is 11.7. The van der Waals surface area contributed by atoms with Gasteiger partial charge in [-0.3, -0.25) is 14.9 Å². The fourth-order valence-electron chi connectivity index (χ4n) is 4.11. The Kier molecular flexibility index (Phi) is 6.57. The highest BCUT2D eigenvalue weighted by Gasteiger charge is 2.20. The highest BCUT2D eigenvalue weighted by atomic mass is 16.5. The lowest BCUT2D eigenvalue weighted by molar-refractivity contribution is 0.0980. The molecule has 0 aliphatic rings. The molecule has 2 amide bonds. The van der Waals surface area contributed by atoms with Gasteiger partial charge in [0, 0.05) is 49.3 Å². The zero-order chi connectivity index (χ0) is 24.9. The number of rotatable bonds is 9. The smallest absolute Gasteiger partial charge is 0.296 e. The van der Waals surface area contributed by atoms with Crippen molar-refractivity contribution in [1.29, 1.82) is 0 Å². The number of carbonyl (C=O) groups excluding carboxylic acids is 2. The van der Waals surface area contributed by atoms with Crippen LogP contribution in [0.25, 0.3) is 11.0 Å². The Bertz CT molecular complexity index is 1460. The number of imidazole rings is 2. The van der Waals surface area contributed by atoms with Crippen LogP contribution in [-0.2, 0) is 13.1 Å². The van der Waals surface area contributed by atoms with E-state index < -0.39 is 5.91 Å². The van der Waals surface area contributed by atoms with Crippen molar-refractivity contribution in [3.05, 3.63) is 90.8 Å². The molecule has 0 fully saturated rings. The molecule has 10 heteroatoms. The summed E-state index contributed by atoms with van der Waals surface area (Å²) in [5.41, 5.74) is 2.86. The molecule has 2 aromatic carbocycles. The molecule has 0 aliphatic carbocycles. The van der Waals surface area contributed by atoms with Gasteiger partial charge in [0.2, 0.25) is 11.7 Å².